The van der Waals surface area contributed by atoms with Crippen LogP contribution >= 0.6 is 0 Å². The fourth-order valence-electron chi connectivity index (χ4n) is 2.10. The highest BCUT2D eigenvalue weighted by molar-refractivity contribution is 5.33. The molecule has 0 aliphatic carbocycles. The Bertz CT molecular complexity index is 304. The fraction of sp³-hybridized carbons (Fsp3) is 0.571. The molecular weight excluding hydrogens is 182 g/mol. The molecule has 0 aromatic heterocycles. The Morgan fingerprint density at radius 2 is 2.00 bits per heavy atom. The number of nitrogens with one attached hydrogen (secondary N) is 1. The molecule has 0 saturated heterocycles. The summed E-state index contributed by atoms with van der Waals surface area (Å²) in [6, 6.07) is 6.79. The van der Waals surface area contributed by atoms with Crippen molar-refractivity contribution >= 4 is 0 Å². The number of aryl methyl sites for hydroxylation is 2. The molecule has 1 unspecified atom stereocenters. The number of benzene rings is 1. The van der Waals surface area contributed by atoms with Gasteiger partial charge in [0.05, 0.1) is 0 Å². The van der Waals surface area contributed by atoms with Gasteiger partial charge < -0.3 is 5.32 Å². The zero-order chi connectivity index (χ0) is 11.3. The standard InChI is InChI=1S/C14H23N/c1-5-13(8-9-15-4)14-10-11(2)6-7-12(14)3/h6-7,10,13,15H,5,8-9H2,1-4H3. The van der Waals surface area contributed by atoms with Crippen LogP contribution in [0.3, 0.4) is 0 Å². The third-order valence-electron chi connectivity index (χ3n) is 3.11. The maximum absolute atomic E-state index is 3.24. The summed E-state index contributed by atoms with van der Waals surface area (Å²) in [5, 5.41) is 3.24. The van der Waals surface area contributed by atoms with Crippen LogP contribution in [0.1, 0.15) is 42.4 Å². The topological polar surface area (TPSA) is 12.0 Å². The van der Waals surface area contributed by atoms with Gasteiger partial charge in [-0.3, -0.25) is 0 Å². The molecule has 1 N–H and O–H groups in total. The van der Waals surface area contributed by atoms with Gasteiger partial charge in [0.25, 0.3) is 0 Å². The minimum atomic E-state index is 0.706. The Hall–Kier alpha value is -0.820. The van der Waals surface area contributed by atoms with Crippen molar-refractivity contribution in [3.63, 3.8) is 0 Å². The van der Waals surface area contributed by atoms with Gasteiger partial charge >= 0.3 is 0 Å². The van der Waals surface area contributed by atoms with Crippen molar-refractivity contribution in [2.24, 2.45) is 0 Å². The van der Waals surface area contributed by atoms with Crippen LogP contribution in [-0.4, -0.2) is 13.6 Å². The molecule has 0 heterocycles. The molecule has 84 valence electrons. The molecule has 0 fully saturated rings. The number of hydrogen-bond donors (Lipinski definition) is 1. The Kier molecular flexibility index (Phi) is 4.83. The minimum absolute atomic E-state index is 0.706. The van der Waals surface area contributed by atoms with Gasteiger partial charge in [-0.05, 0) is 57.3 Å². The molecule has 0 aliphatic rings. The van der Waals surface area contributed by atoms with Gasteiger partial charge in [0.1, 0.15) is 0 Å². The van der Waals surface area contributed by atoms with E-state index in [0.717, 1.165) is 6.54 Å². The van der Waals surface area contributed by atoms with Crippen molar-refractivity contribution in [3.8, 4) is 0 Å². The Morgan fingerprint density at radius 1 is 1.27 bits per heavy atom. The van der Waals surface area contributed by atoms with E-state index in [1.54, 1.807) is 0 Å². The second-order valence-corrected chi connectivity index (χ2v) is 4.36. The Labute approximate surface area is 93.9 Å². The van der Waals surface area contributed by atoms with Crippen LogP contribution in [0, 0.1) is 13.8 Å². The lowest BCUT2D eigenvalue weighted by Crippen LogP contribution is -2.12. The molecule has 1 heteroatoms. The molecule has 0 amide bonds. The zero-order valence-electron chi connectivity index (χ0n) is 10.4. The monoisotopic (exact) mass is 205 g/mol. The van der Waals surface area contributed by atoms with Crippen molar-refractivity contribution in [2.45, 2.75) is 39.5 Å². The van der Waals surface area contributed by atoms with Gasteiger partial charge in [-0.1, -0.05) is 30.7 Å². The molecule has 1 aromatic carbocycles. The third-order valence-corrected chi connectivity index (χ3v) is 3.11. The van der Waals surface area contributed by atoms with Crippen molar-refractivity contribution in [1.82, 2.24) is 5.32 Å². The van der Waals surface area contributed by atoms with Crippen molar-refractivity contribution < 1.29 is 0 Å². The lowest BCUT2D eigenvalue weighted by Gasteiger charge is -2.18. The largest absolute Gasteiger partial charge is 0.320 e. The van der Waals surface area contributed by atoms with Crippen molar-refractivity contribution in [2.75, 3.05) is 13.6 Å². The predicted molar refractivity (Wildman–Crippen MR) is 67.5 cm³/mol. The highest BCUT2D eigenvalue weighted by Crippen LogP contribution is 2.26. The summed E-state index contributed by atoms with van der Waals surface area (Å²) in [4.78, 5) is 0. The van der Waals surface area contributed by atoms with Crippen LogP contribution in [-0.2, 0) is 0 Å². The van der Waals surface area contributed by atoms with E-state index >= 15 is 0 Å². The van der Waals surface area contributed by atoms with Gasteiger partial charge in [0.2, 0.25) is 0 Å². The average Bonchev–Trinajstić information content (AvgIpc) is 2.24. The van der Waals surface area contributed by atoms with Crippen molar-refractivity contribution in [1.29, 1.82) is 0 Å². The number of rotatable bonds is 5. The van der Waals surface area contributed by atoms with E-state index in [1.807, 2.05) is 7.05 Å². The fourth-order valence-corrected chi connectivity index (χ4v) is 2.10. The first-order chi connectivity index (χ1) is 7.19. The van der Waals surface area contributed by atoms with Gasteiger partial charge in [-0.15, -0.1) is 0 Å². The van der Waals surface area contributed by atoms with E-state index < -0.39 is 0 Å². The van der Waals surface area contributed by atoms with E-state index in [2.05, 4.69) is 44.3 Å². The summed E-state index contributed by atoms with van der Waals surface area (Å²) in [6.07, 6.45) is 2.46. The SMILES string of the molecule is CCC(CCNC)c1cc(C)ccc1C. The zero-order valence-corrected chi connectivity index (χ0v) is 10.4. The van der Waals surface area contributed by atoms with Crippen LogP contribution in [0.5, 0.6) is 0 Å². The molecule has 1 aromatic rings. The Morgan fingerprint density at radius 3 is 2.60 bits per heavy atom. The molecule has 1 atom stereocenters. The first kappa shape index (κ1) is 12.3. The third kappa shape index (κ3) is 3.35. The summed E-state index contributed by atoms with van der Waals surface area (Å²) >= 11 is 0. The molecule has 0 saturated carbocycles. The van der Waals surface area contributed by atoms with Crippen LogP contribution in [0.4, 0.5) is 0 Å². The summed E-state index contributed by atoms with van der Waals surface area (Å²) in [5.74, 6) is 0.706. The predicted octanol–water partition coefficient (Wildman–Crippen LogP) is 3.41. The van der Waals surface area contributed by atoms with Gasteiger partial charge in [0.15, 0.2) is 0 Å². The maximum atomic E-state index is 3.24. The maximum Gasteiger partial charge on any atom is -0.00461 e. The van der Waals surface area contributed by atoms with E-state index in [0.29, 0.717) is 5.92 Å². The molecule has 0 aliphatic heterocycles. The molecular formula is C14H23N. The van der Waals surface area contributed by atoms with E-state index in [-0.39, 0.29) is 0 Å². The van der Waals surface area contributed by atoms with Crippen LogP contribution in [0.2, 0.25) is 0 Å². The second kappa shape index (κ2) is 5.92. The Balaban J connectivity index is 2.85. The first-order valence-corrected chi connectivity index (χ1v) is 5.90. The quantitative estimate of drug-likeness (QED) is 0.777. The van der Waals surface area contributed by atoms with Gasteiger partial charge in [0, 0.05) is 0 Å². The first-order valence-electron chi connectivity index (χ1n) is 5.90. The minimum Gasteiger partial charge on any atom is -0.320 e. The van der Waals surface area contributed by atoms with Gasteiger partial charge in [-0.25, -0.2) is 0 Å². The van der Waals surface area contributed by atoms with Crippen LogP contribution < -0.4 is 5.32 Å². The molecule has 0 bridgehead atoms. The van der Waals surface area contributed by atoms with Gasteiger partial charge in [-0.2, -0.15) is 0 Å². The molecule has 1 rings (SSSR count). The molecule has 1 nitrogen and oxygen atoms in total. The summed E-state index contributed by atoms with van der Waals surface area (Å²) in [5.41, 5.74) is 4.34. The van der Waals surface area contributed by atoms with Crippen molar-refractivity contribution in [3.05, 3.63) is 34.9 Å². The smallest absolute Gasteiger partial charge is 0.00461 e. The summed E-state index contributed by atoms with van der Waals surface area (Å²) in [6.45, 7) is 7.78. The normalized spacial score (nSPS) is 12.8. The van der Waals surface area contributed by atoms with E-state index in [4.69, 9.17) is 0 Å². The lowest BCUT2D eigenvalue weighted by molar-refractivity contribution is 0.578. The van der Waals surface area contributed by atoms with E-state index in [9.17, 15) is 0 Å². The van der Waals surface area contributed by atoms with Crippen LogP contribution in [0.25, 0.3) is 0 Å². The molecule has 0 radical (unpaired) electrons. The molecule has 0 spiro atoms. The highest BCUT2D eigenvalue weighted by atomic mass is 14.8. The average molecular weight is 205 g/mol. The second-order valence-electron chi connectivity index (χ2n) is 4.36. The highest BCUT2D eigenvalue weighted by Gasteiger charge is 2.11. The van der Waals surface area contributed by atoms with E-state index in [1.165, 1.54) is 29.5 Å². The van der Waals surface area contributed by atoms with Crippen LogP contribution in [0.15, 0.2) is 18.2 Å². The molecule has 15 heavy (non-hydrogen) atoms. The summed E-state index contributed by atoms with van der Waals surface area (Å²) in [7, 11) is 2.02. The number of hydrogen-bond acceptors (Lipinski definition) is 1. The lowest BCUT2D eigenvalue weighted by atomic mass is 9.89. The summed E-state index contributed by atoms with van der Waals surface area (Å²) < 4.78 is 0.